The molecule has 2 rings (SSSR count). The molecule has 1 unspecified atom stereocenters. The van der Waals surface area contributed by atoms with Crippen LogP contribution in [0.1, 0.15) is 17.0 Å². The first-order chi connectivity index (χ1) is 10.0. The molecule has 0 fully saturated rings. The van der Waals surface area contributed by atoms with E-state index in [2.05, 4.69) is 0 Å². The molecule has 0 radical (unpaired) electrons. The Balaban J connectivity index is 2.13. The lowest BCUT2D eigenvalue weighted by Crippen LogP contribution is -2.16. The van der Waals surface area contributed by atoms with Gasteiger partial charge in [0.1, 0.15) is 5.75 Å². The number of benzene rings is 2. The molecule has 0 aromatic heterocycles. The average molecular weight is 296 g/mol. The molecule has 2 aromatic rings. The third-order valence-electron chi connectivity index (χ3n) is 3.12. The van der Waals surface area contributed by atoms with Crippen LogP contribution in [0.2, 0.25) is 0 Å². The average Bonchev–Trinajstić information content (AvgIpc) is 2.48. The molecular weight excluding hydrogens is 281 g/mol. The highest BCUT2D eigenvalue weighted by Gasteiger charge is 2.34. The van der Waals surface area contributed by atoms with Crippen molar-refractivity contribution in [3.63, 3.8) is 0 Å². The van der Waals surface area contributed by atoms with Crippen molar-refractivity contribution in [2.24, 2.45) is 0 Å². The van der Waals surface area contributed by atoms with E-state index in [0.29, 0.717) is 0 Å². The highest BCUT2D eigenvalue weighted by atomic mass is 19.4. The van der Waals surface area contributed by atoms with Crippen LogP contribution in [0.5, 0.6) is 5.75 Å². The molecule has 0 saturated carbocycles. The van der Waals surface area contributed by atoms with Gasteiger partial charge in [0.2, 0.25) is 0 Å². The van der Waals surface area contributed by atoms with Gasteiger partial charge in [-0.2, -0.15) is 13.2 Å². The van der Waals surface area contributed by atoms with Gasteiger partial charge in [-0.15, -0.1) is 0 Å². The second-order valence-corrected chi connectivity index (χ2v) is 4.60. The van der Waals surface area contributed by atoms with E-state index in [1.165, 1.54) is 18.2 Å². The number of ether oxygens (including phenoxy) is 1. The Bertz CT molecular complexity index is 567. The number of halogens is 3. The van der Waals surface area contributed by atoms with Crippen LogP contribution in [-0.2, 0) is 6.18 Å². The molecule has 2 aromatic carbocycles. The van der Waals surface area contributed by atoms with Crippen LogP contribution in [0.15, 0.2) is 54.6 Å². The maximum atomic E-state index is 12.8. The van der Waals surface area contributed by atoms with Crippen molar-refractivity contribution < 1.29 is 23.0 Å². The highest BCUT2D eigenvalue weighted by Crippen LogP contribution is 2.36. The van der Waals surface area contributed by atoms with E-state index in [1.54, 1.807) is 12.1 Å². The quantitative estimate of drug-likeness (QED) is 0.908. The Kier molecular flexibility index (Phi) is 4.85. The fourth-order valence-electron chi connectivity index (χ4n) is 2.00. The Hall–Kier alpha value is -2.01. The molecule has 21 heavy (non-hydrogen) atoms. The second-order valence-electron chi connectivity index (χ2n) is 4.60. The van der Waals surface area contributed by atoms with Gasteiger partial charge in [-0.3, -0.25) is 0 Å². The van der Waals surface area contributed by atoms with Gasteiger partial charge in [-0.25, -0.2) is 0 Å². The van der Waals surface area contributed by atoms with Crippen molar-refractivity contribution in [3.8, 4) is 5.75 Å². The monoisotopic (exact) mass is 296 g/mol. The van der Waals surface area contributed by atoms with E-state index in [4.69, 9.17) is 4.74 Å². The standard InChI is InChI=1S/C16H15F3O2/c17-16(18,19)14-8-4-5-9-15(14)21-11-13(10-20)12-6-2-1-3-7-12/h1-9,13,20H,10-11H2. The van der Waals surface area contributed by atoms with E-state index in [-0.39, 0.29) is 24.9 Å². The Morgan fingerprint density at radius 2 is 1.57 bits per heavy atom. The van der Waals surface area contributed by atoms with Gasteiger partial charge in [0.15, 0.2) is 0 Å². The Morgan fingerprint density at radius 3 is 2.19 bits per heavy atom. The summed E-state index contributed by atoms with van der Waals surface area (Å²) in [5.41, 5.74) is 0.0132. The summed E-state index contributed by atoms with van der Waals surface area (Å²) < 4.78 is 43.8. The fourth-order valence-corrected chi connectivity index (χ4v) is 2.00. The third kappa shape index (κ3) is 3.98. The van der Waals surface area contributed by atoms with E-state index < -0.39 is 11.7 Å². The van der Waals surface area contributed by atoms with Crippen LogP contribution < -0.4 is 4.74 Å². The summed E-state index contributed by atoms with van der Waals surface area (Å²) in [6.07, 6.45) is -4.46. The molecule has 5 heteroatoms. The number of alkyl halides is 3. The van der Waals surface area contributed by atoms with Crippen molar-refractivity contribution in [3.05, 3.63) is 65.7 Å². The molecule has 0 aliphatic rings. The maximum Gasteiger partial charge on any atom is 0.419 e. The first-order valence-corrected chi connectivity index (χ1v) is 6.47. The summed E-state index contributed by atoms with van der Waals surface area (Å²) in [7, 11) is 0. The number of hydrogen-bond acceptors (Lipinski definition) is 2. The molecule has 2 nitrogen and oxygen atoms in total. The van der Waals surface area contributed by atoms with Crippen LogP contribution in [0.25, 0.3) is 0 Å². The van der Waals surface area contributed by atoms with Crippen molar-refractivity contribution in [1.82, 2.24) is 0 Å². The fraction of sp³-hybridized carbons (Fsp3) is 0.250. The van der Waals surface area contributed by atoms with Crippen molar-refractivity contribution >= 4 is 0 Å². The zero-order valence-electron chi connectivity index (χ0n) is 11.2. The summed E-state index contributed by atoms with van der Waals surface area (Å²) in [4.78, 5) is 0. The van der Waals surface area contributed by atoms with Crippen LogP contribution in [0.3, 0.4) is 0 Å². The lowest BCUT2D eigenvalue weighted by atomic mass is 10.0. The normalized spacial score (nSPS) is 13.0. The summed E-state index contributed by atoms with van der Waals surface area (Å²) in [5, 5.41) is 9.38. The molecule has 0 aliphatic carbocycles. The zero-order valence-corrected chi connectivity index (χ0v) is 11.2. The lowest BCUT2D eigenvalue weighted by molar-refractivity contribution is -0.139. The minimum atomic E-state index is -4.46. The van der Waals surface area contributed by atoms with Crippen molar-refractivity contribution in [2.45, 2.75) is 12.1 Å². The smallest absolute Gasteiger partial charge is 0.419 e. The van der Waals surface area contributed by atoms with Crippen LogP contribution in [0, 0.1) is 0 Å². The summed E-state index contributed by atoms with van der Waals surface area (Å²) in [6, 6.07) is 14.1. The molecule has 0 heterocycles. The molecule has 112 valence electrons. The molecule has 1 N–H and O–H groups in total. The summed E-state index contributed by atoms with van der Waals surface area (Å²) in [5.74, 6) is -0.591. The van der Waals surface area contributed by atoms with Crippen molar-refractivity contribution in [1.29, 1.82) is 0 Å². The first-order valence-electron chi connectivity index (χ1n) is 6.47. The SMILES string of the molecule is OCC(COc1ccccc1C(F)(F)F)c1ccccc1. The van der Waals surface area contributed by atoms with Gasteiger partial charge < -0.3 is 9.84 Å². The predicted molar refractivity (Wildman–Crippen MR) is 73.2 cm³/mol. The Labute approximate surface area is 120 Å². The van der Waals surface area contributed by atoms with Gasteiger partial charge in [0.25, 0.3) is 0 Å². The number of aliphatic hydroxyl groups is 1. The number of hydrogen-bond donors (Lipinski definition) is 1. The summed E-state index contributed by atoms with van der Waals surface area (Å²) in [6.45, 7) is -0.216. The van der Waals surface area contributed by atoms with E-state index >= 15 is 0 Å². The maximum absolute atomic E-state index is 12.8. The molecule has 0 aliphatic heterocycles. The third-order valence-corrected chi connectivity index (χ3v) is 3.12. The first kappa shape index (κ1) is 15.4. The van der Waals surface area contributed by atoms with Gasteiger partial charge in [-0.05, 0) is 17.7 Å². The number of aliphatic hydroxyl groups excluding tert-OH is 1. The van der Waals surface area contributed by atoms with Gasteiger partial charge in [-0.1, -0.05) is 42.5 Å². The number of rotatable bonds is 5. The minimum absolute atomic E-state index is 0.0202. The van der Waals surface area contributed by atoms with Gasteiger partial charge >= 0.3 is 6.18 Å². The predicted octanol–water partition coefficient (Wildman–Crippen LogP) is 3.86. The van der Waals surface area contributed by atoms with E-state index in [0.717, 1.165) is 11.6 Å². The molecule has 0 spiro atoms. The largest absolute Gasteiger partial charge is 0.492 e. The van der Waals surface area contributed by atoms with Gasteiger partial charge in [0, 0.05) is 5.92 Å². The van der Waals surface area contributed by atoms with Gasteiger partial charge in [0.05, 0.1) is 18.8 Å². The topological polar surface area (TPSA) is 29.5 Å². The minimum Gasteiger partial charge on any atom is -0.492 e. The van der Waals surface area contributed by atoms with Crippen LogP contribution in [0.4, 0.5) is 13.2 Å². The van der Waals surface area contributed by atoms with E-state index in [1.807, 2.05) is 18.2 Å². The molecule has 1 atom stereocenters. The second kappa shape index (κ2) is 6.63. The molecule has 0 saturated heterocycles. The number of para-hydroxylation sites is 1. The Morgan fingerprint density at radius 1 is 0.952 bits per heavy atom. The van der Waals surface area contributed by atoms with Crippen molar-refractivity contribution in [2.75, 3.05) is 13.2 Å². The zero-order chi connectivity index (χ0) is 15.3. The van der Waals surface area contributed by atoms with Crippen LogP contribution >= 0.6 is 0 Å². The lowest BCUT2D eigenvalue weighted by Gasteiger charge is -2.18. The van der Waals surface area contributed by atoms with E-state index in [9.17, 15) is 18.3 Å². The molecule has 0 amide bonds. The highest BCUT2D eigenvalue weighted by molar-refractivity contribution is 5.35. The summed E-state index contributed by atoms with van der Waals surface area (Å²) >= 11 is 0. The molecule has 0 bridgehead atoms. The molecular formula is C16H15F3O2. The van der Waals surface area contributed by atoms with Crippen LogP contribution in [-0.4, -0.2) is 18.3 Å².